The van der Waals surface area contributed by atoms with Crippen molar-refractivity contribution in [1.82, 2.24) is 0 Å². The summed E-state index contributed by atoms with van der Waals surface area (Å²) in [5, 5.41) is 0. The molecule has 1 N–H and O–H groups in total. The SMILES string of the molecule is CCP(=O)(O)Oc1c(C)ccc(OC)c1C=O. The van der Waals surface area contributed by atoms with Crippen LogP contribution >= 0.6 is 7.60 Å². The highest BCUT2D eigenvalue weighted by atomic mass is 31.2. The van der Waals surface area contributed by atoms with Crippen molar-refractivity contribution in [3.05, 3.63) is 23.3 Å². The van der Waals surface area contributed by atoms with Gasteiger partial charge in [0.1, 0.15) is 11.5 Å². The molecule has 0 spiro atoms. The number of benzene rings is 1. The molecule has 94 valence electrons. The third-order valence-electron chi connectivity index (χ3n) is 2.32. The fourth-order valence-corrected chi connectivity index (χ4v) is 1.97. The molecule has 17 heavy (non-hydrogen) atoms. The minimum atomic E-state index is -3.71. The molecule has 1 rings (SSSR count). The van der Waals surface area contributed by atoms with Crippen LogP contribution in [0, 0.1) is 6.92 Å². The van der Waals surface area contributed by atoms with E-state index in [0.717, 1.165) is 0 Å². The zero-order valence-electron chi connectivity index (χ0n) is 9.97. The lowest BCUT2D eigenvalue weighted by Gasteiger charge is -2.16. The second-order valence-corrected chi connectivity index (χ2v) is 5.58. The van der Waals surface area contributed by atoms with E-state index in [0.29, 0.717) is 17.6 Å². The van der Waals surface area contributed by atoms with Gasteiger partial charge in [0.15, 0.2) is 6.29 Å². The molecule has 1 atom stereocenters. The van der Waals surface area contributed by atoms with Crippen molar-refractivity contribution in [2.24, 2.45) is 0 Å². The first-order valence-electron chi connectivity index (χ1n) is 5.09. The van der Waals surface area contributed by atoms with Crippen molar-refractivity contribution in [2.75, 3.05) is 13.3 Å². The highest BCUT2D eigenvalue weighted by Gasteiger charge is 2.22. The molecule has 1 aromatic rings. The van der Waals surface area contributed by atoms with Gasteiger partial charge in [-0.15, -0.1) is 0 Å². The molecule has 0 radical (unpaired) electrons. The molecule has 0 amide bonds. The van der Waals surface area contributed by atoms with Gasteiger partial charge in [-0.25, -0.2) is 4.57 Å². The van der Waals surface area contributed by atoms with Gasteiger partial charge in [0.2, 0.25) is 0 Å². The van der Waals surface area contributed by atoms with E-state index in [1.165, 1.54) is 14.0 Å². The lowest BCUT2D eigenvalue weighted by molar-refractivity contribution is 0.111. The Kier molecular flexibility index (Phi) is 4.32. The molecular weight excluding hydrogens is 243 g/mol. The Morgan fingerprint density at radius 1 is 1.47 bits per heavy atom. The largest absolute Gasteiger partial charge is 0.496 e. The minimum absolute atomic E-state index is 0.0258. The number of rotatable bonds is 5. The predicted molar refractivity (Wildman–Crippen MR) is 64.1 cm³/mol. The van der Waals surface area contributed by atoms with Crippen LogP contribution < -0.4 is 9.26 Å². The molecule has 1 aromatic carbocycles. The van der Waals surface area contributed by atoms with Crippen molar-refractivity contribution in [3.8, 4) is 11.5 Å². The van der Waals surface area contributed by atoms with Gasteiger partial charge in [0, 0.05) is 0 Å². The van der Waals surface area contributed by atoms with E-state index >= 15 is 0 Å². The van der Waals surface area contributed by atoms with Crippen LogP contribution in [0.3, 0.4) is 0 Å². The maximum absolute atomic E-state index is 11.5. The average Bonchev–Trinajstić information content (AvgIpc) is 2.31. The Bertz CT molecular complexity index is 469. The van der Waals surface area contributed by atoms with Crippen LogP contribution in [0.4, 0.5) is 0 Å². The van der Waals surface area contributed by atoms with E-state index in [1.54, 1.807) is 19.1 Å². The van der Waals surface area contributed by atoms with E-state index in [4.69, 9.17) is 9.26 Å². The average molecular weight is 258 g/mol. The molecule has 0 fully saturated rings. The molecule has 1 unspecified atom stereocenters. The van der Waals surface area contributed by atoms with Gasteiger partial charge in [0.05, 0.1) is 18.8 Å². The summed E-state index contributed by atoms with van der Waals surface area (Å²) in [5.41, 5.74) is 0.755. The first-order valence-corrected chi connectivity index (χ1v) is 6.85. The van der Waals surface area contributed by atoms with E-state index in [2.05, 4.69) is 0 Å². The summed E-state index contributed by atoms with van der Waals surface area (Å²) in [4.78, 5) is 20.5. The van der Waals surface area contributed by atoms with E-state index < -0.39 is 7.60 Å². The van der Waals surface area contributed by atoms with Crippen molar-refractivity contribution in [3.63, 3.8) is 0 Å². The number of hydrogen-bond acceptors (Lipinski definition) is 4. The van der Waals surface area contributed by atoms with Gasteiger partial charge in [-0.05, 0) is 18.6 Å². The molecule has 0 bridgehead atoms. The number of hydrogen-bond donors (Lipinski definition) is 1. The zero-order chi connectivity index (χ0) is 13.1. The fourth-order valence-electron chi connectivity index (χ4n) is 1.31. The minimum Gasteiger partial charge on any atom is -0.496 e. The van der Waals surface area contributed by atoms with Crippen molar-refractivity contribution in [1.29, 1.82) is 0 Å². The van der Waals surface area contributed by atoms with Gasteiger partial charge >= 0.3 is 7.60 Å². The monoisotopic (exact) mass is 258 g/mol. The lowest BCUT2D eigenvalue weighted by Crippen LogP contribution is -2.01. The Labute approximate surface area is 99.9 Å². The van der Waals surface area contributed by atoms with Gasteiger partial charge in [0.25, 0.3) is 0 Å². The zero-order valence-corrected chi connectivity index (χ0v) is 10.9. The number of carbonyl (C=O) groups excluding carboxylic acids is 1. The summed E-state index contributed by atoms with van der Waals surface area (Å²) in [6.45, 7) is 3.23. The van der Waals surface area contributed by atoms with Crippen LogP contribution in [-0.2, 0) is 4.57 Å². The van der Waals surface area contributed by atoms with E-state index in [1.807, 2.05) is 0 Å². The van der Waals surface area contributed by atoms with Crippen LogP contribution in [0.2, 0.25) is 0 Å². The molecule has 0 heterocycles. The van der Waals surface area contributed by atoms with Crippen LogP contribution in [0.25, 0.3) is 0 Å². The summed E-state index contributed by atoms with van der Waals surface area (Å²) < 4.78 is 21.6. The summed E-state index contributed by atoms with van der Waals surface area (Å²) in [7, 11) is -2.29. The fraction of sp³-hybridized carbons (Fsp3) is 0.364. The summed E-state index contributed by atoms with van der Waals surface area (Å²) in [6, 6.07) is 3.27. The molecule has 0 saturated carbocycles. The third-order valence-corrected chi connectivity index (χ3v) is 3.59. The van der Waals surface area contributed by atoms with Crippen molar-refractivity contribution >= 4 is 13.9 Å². The van der Waals surface area contributed by atoms with E-state index in [9.17, 15) is 14.3 Å². The van der Waals surface area contributed by atoms with E-state index in [-0.39, 0.29) is 17.5 Å². The number of ether oxygens (including phenoxy) is 1. The second kappa shape index (κ2) is 5.34. The highest BCUT2D eigenvalue weighted by molar-refractivity contribution is 7.53. The Morgan fingerprint density at radius 3 is 2.59 bits per heavy atom. The van der Waals surface area contributed by atoms with Crippen LogP contribution in [0.15, 0.2) is 12.1 Å². The quantitative estimate of drug-likeness (QED) is 0.648. The van der Waals surface area contributed by atoms with Crippen molar-refractivity contribution < 1.29 is 23.5 Å². The summed E-state index contributed by atoms with van der Waals surface area (Å²) in [5.74, 6) is 0.420. The maximum atomic E-state index is 11.5. The number of aryl methyl sites for hydroxylation is 1. The molecule has 6 heteroatoms. The van der Waals surface area contributed by atoms with Gasteiger partial charge < -0.3 is 14.2 Å². The summed E-state index contributed by atoms with van der Waals surface area (Å²) >= 11 is 0. The Balaban J connectivity index is 3.30. The molecule has 5 nitrogen and oxygen atoms in total. The number of methoxy groups -OCH3 is 1. The molecule has 0 saturated heterocycles. The molecule has 0 aromatic heterocycles. The predicted octanol–water partition coefficient (Wildman–Crippen LogP) is 2.40. The molecule has 0 aliphatic carbocycles. The van der Waals surface area contributed by atoms with Crippen LogP contribution in [-0.4, -0.2) is 24.5 Å². The lowest BCUT2D eigenvalue weighted by atomic mass is 10.1. The highest BCUT2D eigenvalue weighted by Crippen LogP contribution is 2.45. The summed E-state index contributed by atoms with van der Waals surface area (Å²) in [6.07, 6.45) is 0.527. The third kappa shape index (κ3) is 3.08. The van der Waals surface area contributed by atoms with Crippen LogP contribution in [0.5, 0.6) is 11.5 Å². The molecular formula is C11H15O5P. The Morgan fingerprint density at radius 2 is 2.12 bits per heavy atom. The standard InChI is InChI=1S/C11H15O5P/c1-4-17(13,14)16-11-8(2)5-6-10(15-3)9(11)7-12/h5-7H,4H2,1-3H3,(H,13,14). The normalized spacial score (nSPS) is 13.9. The van der Waals surface area contributed by atoms with Gasteiger partial charge in [-0.2, -0.15) is 0 Å². The topological polar surface area (TPSA) is 72.8 Å². The Hall–Kier alpha value is -1.32. The smallest absolute Gasteiger partial charge is 0.376 e. The van der Waals surface area contributed by atoms with Crippen molar-refractivity contribution in [2.45, 2.75) is 13.8 Å². The second-order valence-electron chi connectivity index (χ2n) is 3.49. The number of carbonyl (C=O) groups is 1. The van der Waals surface area contributed by atoms with Gasteiger partial charge in [-0.3, -0.25) is 4.79 Å². The molecule has 0 aliphatic heterocycles. The first kappa shape index (κ1) is 13.7. The molecule has 0 aliphatic rings. The van der Waals surface area contributed by atoms with Crippen LogP contribution in [0.1, 0.15) is 22.8 Å². The first-order chi connectivity index (χ1) is 7.95. The van der Waals surface area contributed by atoms with Gasteiger partial charge in [-0.1, -0.05) is 13.0 Å². The number of aldehydes is 1. The maximum Gasteiger partial charge on any atom is 0.376 e.